The minimum Gasteiger partial charge on any atom is -0.303 e. The molecule has 0 N–H and O–H groups in total. The summed E-state index contributed by atoms with van der Waals surface area (Å²) in [7, 11) is 0. The molecule has 1 aliphatic rings. The molecule has 1 atom stereocenters. The maximum Gasteiger partial charge on any atom is 0.0102 e. The van der Waals surface area contributed by atoms with E-state index in [4.69, 9.17) is 0 Å². The van der Waals surface area contributed by atoms with Crippen LogP contribution in [0.2, 0.25) is 0 Å². The molecule has 2 aromatic carbocycles. The van der Waals surface area contributed by atoms with Crippen LogP contribution in [0.25, 0.3) is 0 Å². The maximum absolute atomic E-state index is 2.65. The summed E-state index contributed by atoms with van der Waals surface area (Å²) in [5.41, 5.74) is 4.27. The van der Waals surface area contributed by atoms with Crippen molar-refractivity contribution < 1.29 is 0 Å². The van der Waals surface area contributed by atoms with Crippen LogP contribution in [-0.2, 0) is 0 Å². The molecule has 0 radical (unpaired) electrons. The number of benzene rings is 2. The second kappa shape index (κ2) is 7.60. The van der Waals surface area contributed by atoms with Crippen molar-refractivity contribution in [3.63, 3.8) is 0 Å². The van der Waals surface area contributed by atoms with Crippen LogP contribution in [0.1, 0.15) is 48.3 Å². The Balaban J connectivity index is 1.77. The normalized spacial score (nSPS) is 17.3. The van der Waals surface area contributed by atoms with Gasteiger partial charge in [-0.05, 0) is 56.9 Å². The van der Waals surface area contributed by atoms with Crippen LogP contribution in [0.5, 0.6) is 0 Å². The fourth-order valence-corrected chi connectivity index (χ4v) is 3.59. The highest BCUT2D eigenvalue weighted by molar-refractivity contribution is 5.34. The summed E-state index contributed by atoms with van der Waals surface area (Å²) in [5.74, 6) is 0.517. The van der Waals surface area contributed by atoms with Crippen molar-refractivity contribution in [2.24, 2.45) is 0 Å². The van der Waals surface area contributed by atoms with E-state index in [1.165, 1.54) is 62.0 Å². The molecular weight excluding hydrogens is 266 g/mol. The highest BCUT2D eigenvalue weighted by atomic mass is 15.1. The molecule has 0 amide bonds. The van der Waals surface area contributed by atoms with Crippen LogP contribution >= 0.6 is 0 Å². The monoisotopic (exact) mass is 293 g/mol. The van der Waals surface area contributed by atoms with Gasteiger partial charge in [-0.2, -0.15) is 0 Å². The summed E-state index contributed by atoms with van der Waals surface area (Å²) in [6.45, 7) is 5.98. The lowest BCUT2D eigenvalue weighted by Crippen LogP contribution is -2.31. The third-order valence-corrected chi connectivity index (χ3v) is 4.83. The third kappa shape index (κ3) is 3.98. The average Bonchev–Trinajstić information content (AvgIpc) is 2.57. The zero-order valence-corrected chi connectivity index (χ0v) is 13.7. The van der Waals surface area contributed by atoms with Crippen LogP contribution in [0.15, 0.2) is 54.6 Å². The minimum atomic E-state index is 0.517. The molecule has 1 unspecified atom stereocenters. The maximum atomic E-state index is 2.65. The Kier molecular flexibility index (Phi) is 5.29. The topological polar surface area (TPSA) is 3.24 Å². The Morgan fingerprint density at radius 3 is 2.32 bits per heavy atom. The smallest absolute Gasteiger partial charge is 0.0102 e. The van der Waals surface area contributed by atoms with E-state index in [0.29, 0.717) is 5.92 Å². The van der Waals surface area contributed by atoms with Crippen LogP contribution in [0.3, 0.4) is 0 Å². The number of rotatable bonds is 5. The van der Waals surface area contributed by atoms with Gasteiger partial charge in [0.25, 0.3) is 0 Å². The van der Waals surface area contributed by atoms with Gasteiger partial charge >= 0.3 is 0 Å². The lowest BCUT2D eigenvalue weighted by atomic mass is 9.87. The first-order valence-electron chi connectivity index (χ1n) is 8.67. The van der Waals surface area contributed by atoms with Crippen LogP contribution in [0, 0.1) is 6.92 Å². The summed E-state index contributed by atoms with van der Waals surface area (Å²) in [4.78, 5) is 2.65. The third-order valence-electron chi connectivity index (χ3n) is 4.83. The molecule has 1 saturated heterocycles. The van der Waals surface area contributed by atoms with Gasteiger partial charge in [-0.1, -0.05) is 66.6 Å². The predicted molar refractivity (Wildman–Crippen MR) is 94.4 cm³/mol. The van der Waals surface area contributed by atoms with Crippen LogP contribution < -0.4 is 0 Å². The number of hydrogen-bond donors (Lipinski definition) is 0. The van der Waals surface area contributed by atoms with Gasteiger partial charge < -0.3 is 4.90 Å². The molecule has 0 aliphatic carbocycles. The summed E-state index contributed by atoms with van der Waals surface area (Å²) in [6, 6.07) is 20.0. The Bertz CT molecular complexity index is 569. The molecule has 0 bridgehead atoms. The van der Waals surface area contributed by atoms with E-state index >= 15 is 0 Å². The van der Waals surface area contributed by atoms with Crippen molar-refractivity contribution in [3.05, 3.63) is 71.3 Å². The second-order valence-corrected chi connectivity index (χ2v) is 6.57. The van der Waals surface area contributed by atoms with Gasteiger partial charge in [0.1, 0.15) is 0 Å². The minimum absolute atomic E-state index is 0.517. The Hall–Kier alpha value is -1.60. The molecule has 1 heterocycles. The molecule has 0 aromatic heterocycles. The lowest BCUT2D eigenvalue weighted by Gasteiger charge is -2.28. The lowest BCUT2D eigenvalue weighted by molar-refractivity contribution is 0.223. The first-order chi connectivity index (χ1) is 10.8. The van der Waals surface area contributed by atoms with Crippen molar-refractivity contribution in [1.82, 2.24) is 4.90 Å². The van der Waals surface area contributed by atoms with Gasteiger partial charge in [0.2, 0.25) is 0 Å². The summed E-state index contributed by atoms with van der Waals surface area (Å²) >= 11 is 0. The fraction of sp³-hybridized carbons (Fsp3) is 0.429. The molecule has 0 spiro atoms. The highest BCUT2D eigenvalue weighted by Gasteiger charge is 2.17. The largest absolute Gasteiger partial charge is 0.303 e. The Labute approximate surface area is 135 Å². The van der Waals surface area contributed by atoms with E-state index in [0.717, 1.165) is 0 Å². The highest BCUT2D eigenvalue weighted by Crippen LogP contribution is 2.29. The quantitative estimate of drug-likeness (QED) is 0.749. The molecule has 1 heteroatoms. The summed E-state index contributed by atoms with van der Waals surface area (Å²) in [5, 5.41) is 0. The number of piperidine rings is 1. The Morgan fingerprint density at radius 1 is 0.864 bits per heavy atom. The Morgan fingerprint density at radius 2 is 1.59 bits per heavy atom. The molecule has 1 aliphatic heterocycles. The number of likely N-dealkylation sites (tertiary alicyclic amines) is 1. The SMILES string of the molecule is Cc1cccc(C(CCN2CCCCC2)c2ccccc2)c1. The zero-order valence-electron chi connectivity index (χ0n) is 13.7. The molecule has 3 rings (SSSR count). The molecule has 0 saturated carbocycles. The molecule has 116 valence electrons. The van der Waals surface area contributed by atoms with Crippen molar-refractivity contribution in [2.75, 3.05) is 19.6 Å². The van der Waals surface area contributed by atoms with Gasteiger partial charge in [0.15, 0.2) is 0 Å². The van der Waals surface area contributed by atoms with Crippen molar-refractivity contribution in [3.8, 4) is 0 Å². The van der Waals surface area contributed by atoms with E-state index in [-0.39, 0.29) is 0 Å². The van der Waals surface area contributed by atoms with Gasteiger partial charge in [-0.15, -0.1) is 0 Å². The van der Waals surface area contributed by atoms with Gasteiger partial charge in [-0.3, -0.25) is 0 Å². The summed E-state index contributed by atoms with van der Waals surface area (Å²) in [6.07, 6.45) is 5.38. The van der Waals surface area contributed by atoms with E-state index < -0.39 is 0 Å². The molecule has 1 nitrogen and oxygen atoms in total. The van der Waals surface area contributed by atoms with Crippen molar-refractivity contribution in [2.45, 2.75) is 38.5 Å². The number of nitrogens with zero attached hydrogens (tertiary/aromatic N) is 1. The van der Waals surface area contributed by atoms with Crippen molar-refractivity contribution in [1.29, 1.82) is 0 Å². The zero-order chi connectivity index (χ0) is 15.2. The fourth-order valence-electron chi connectivity index (χ4n) is 3.59. The second-order valence-electron chi connectivity index (χ2n) is 6.57. The first-order valence-corrected chi connectivity index (χ1v) is 8.67. The van der Waals surface area contributed by atoms with Crippen molar-refractivity contribution >= 4 is 0 Å². The van der Waals surface area contributed by atoms with Gasteiger partial charge in [0, 0.05) is 5.92 Å². The average molecular weight is 293 g/mol. The first kappa shape index (κ1) is 15.3. The standard InChI is InChI=1S/C21H27N/c1-18-9-8-12-20(17-18)21(19-10-4-2-5-11-19)13-16-22-14-6-3-7-15-22/h2,4-5,8-12,17,21H,3,6-7,13-16H2,1H3. The van der Waals surface area contributed by atoms with Crippen LogP contribution in [0.4, 0.5) is 0 Å². The molecular formula is C21H27N. The number of hydrogen-bond acceptors (Lipinski definition) is 1. The van der Waals surface area contributed by atoms with E-state index in [1.807, 2.05) is 0 Å². The molecule has 2 aromatic rings. The van der Waals surface area contributed by atoms with E-state index in [2.05, 4.69) is 66.4 Å². The molecule has 1 fully saturated rings. The molecule has 22 heavy (non-hydrogen) atoms. The predicted octanol–water partition coefficient (Wildman–Crippen LogP) is 5.00. The number of aryl methyl sites for hydroxylation is 1. The van der Waals surface area contributed by atoms with Gasteiger partial charge in [-0.25, -0.2) is 0 Å². The summed E-state index contributed by atoms with van der Waals surface area (Å²) < 4.78 is 0. The van der Waals surface area contributed by atoms with E-state index in [9.17, 15) is 0 Å². The van der Waals surface area contributed by atoms with E-state index in [1.54, 1.807) is 0 Å². The van der Waals surface area contributed by atoms with Crippen LogP contribution in [-0.4, -0.2) is 24.5 Å². The van der Waals surface area contributed by atoms with Gasteiger partial charge in [0.05, 0.1) is 0 Å².